The van der Waals surface area contributed by atoms with E-state index in [0.717, 1.165) is 38.1 Å². The highest BCUT2D eigenvalue weighted by Crippen LogP contribution is 2.39. The number of piperidine rings is 1. The Bertz CT molecular complexity index is 1120. The van der Waals surface area contributed by atoms with Crippen molar-refractivity contribution in [3.8, 4) is 22.8 Å². The summed E-state index contributed by atoms with van der Waals surface area (Å²) in [5.74, 6) is 1.32. The number of likely N-dealkylation sites (tertiary alicyclic amines) is 1. The van der Waals surface area contributed by atoms with Gasteiger partial charge in [0, 0.05) is 33.9 Å². The molecule has 2 heterocycles. The highest BCUT2D eigenvalue weighted by Gasteiger charge is 2.30. The van der Waals surface area contributed by atoms with Crippen LogP contribution in [0.15, 0.2) is 45.3 Å². The van der Waals surface area contributed by atoms with Crippen molar-refractivity contribution in [3.63, 3.8) is 0 Å². The number of methoxy groups -OCH3 is 2. The molecule has 1 saturated heterocycles. The van der Waals surface area contributed by atoms with Crippen LogP contribution in [0.25, 0.3) is 11.3 Å². The van der Waals surface area contributed by atoms with Crippen LogP contribution in [0.2, 0.25) is 0 Å². The molecule has 0 radical (unpaired) electrons. The molecule has 1 aliphatic heterocycles. The molecule has 0 aliphatic carbocycles. The van der Waals surface area contributed by atoms with Crippen LogP contribution >= 0.6 is 43.2 Å². The van der Waals surface area contributed by atoms with Crippen LogP contribution in [-0.2, 0) is 0 Å². The van der Waals surface area contributed by atoms with Crippen LogP contribution in [-0.4, -0.2) is 43.1 Å². The van der Waals surface area contributed by atoms with Gasteiger partial charge in [0.25, 0.3) is 5.91 Å². The van der Waals surface area contributed by atoms with Gasteiger partial charge in [0.05, 0.1) is 29.4 Å². The molecule has 1 amide bonds. The summed E-state index contributed by atoms with van der Waals surface area (Å²) in [6.45, 7) is 3.48. The molecule has 0 unspecified atom stereocenters. The van der Waals surface area contributed by atoms with E-state index in [1.165, 1.54) is 4.88 Å². The number of ether oxygens (including phenoxy) is 2. The Hall–Kier alpha value is -1.90. The fourth-order valence-electron chi connectivity index (χ4n) is 4.07. The zero-order valence-electron chi connectivity index (χ0n) is 18.2. The van der Waals surface area contributed by atoms with Crippen LogP contribution in [0.1, 0.15) is 39.0 Å². The number of carbonyl (C=O) groups excluding carboxylic acids is 1. The molecule has 1 aromatic heterocycles. The first-order chi connectivity index (χ1) is 15.4. The average Bonchev–Trinajstić information content (AvgIpc) is 3.20. The summed E-state index contributed by atoms with van der Waals surface area (Å²) in [7, 11) is 3.13. The normalized spacial score (nSPS) is 14.5. The number of aryl methyl sites for hydroxylation is 1. The van der Waals surface area contributed by atoms with Gasteiger partial charge >= 0.3 is 0 Å². The predicted octanol–water partition coefficient (Wildman–Crippen LogP) is 6.68. The van der Waals surface area contributed by atoms with Crippen molar-refractivity contribution in [2.75, 3.05) is 27.3 Å². The highest BCUT2D eigenvalue weighted by molar-refractivity contribution is 9.10. The zero-order chi connectivity index (χ0) is 22.8. The third kappa shape index (κ3) is 4.58. The summed E-state index contributed by atoms with van der Waals surface area (Å²) in [5.41, 5.74) is 2.65. The van der Waals surface area contributed by atoms with E-state index in [4.69, 9.17) is 14.5 Å². The minimum atomic E-state index is -0.0654. The second-order valence-electron chi connectivity index (χ2n) is 7.69. The molecule has 0 atom stereocenters. The van der Waals surface area contributed by atoms with Crippen LogP contribution in [0.5, 0.6) is 11.5 Å². The van der Waals surface area contributed by atoms with E-state index in [0.29, 0.717) is 36.1 Å². The maximum atomic E-state index is 13.4. The number of halogens is 2. The van der Waals surface area contributed by atoms with Gasteiger partial charge in [0.1, 0.15) is 17.1 Å². The molecule has 2 aromatic carbocycles. The number of hydrogen-bond donors (Lipinski definition) is 0. The fraction of sp³-hybridized carbons (Fsp3) is 0.333. The zero-order valence-corrected chi connectivity index (χ0v) is 22.1. The van der Waals surface area contributed by atoms with E-state index < -0.39 is 0 Å². The minimum Gasteiger partial charge on any atom is -0.496 e. The molecule has 8 heteroatoms. The Balaban J connectivity index is 1.50. The first-order valence-electron chi connectivity index (χ1n) is 10.4. The smallest absolute Gasteiger partial charge is 0.261 e. The minimum absolute atomic E-state index is 0.0654. The van der Waals surface area contributed by atoms with Crippen LogP contribution < -0.4 is 9.47 Å². The van der Waals surface area contributed by atoms with Gasteiger partial charge in [-0.05, 0) is 60.0 Å². The van der Waals surface area contributed by atoms with Crippen molar-refractivity contribution in [3.05, 3.63) is 60.8 Å². The SMILES string of the molecule is COc1ccc(Br)c(OC)c1C(=O)N1CCC(c2nc(-c3ccc(Br)cc3)c(C)s2)CC1. The second-order valence-corrected chi connectivity index (χ2v) is 10.7. The number of carbonyl (C=O) groups is 1. The monoisotopic (exact) mass is 578 g/mol. The average molecular weight is 580 g/mol. The summed E-state index contributed by atoms with van der Waals surface area (Å²) in [5, 5.41) is 1.16. The van der Waals surface area contributed by atoms with Gasteiger partial charge in [-0.3, -0.25) is 4.79 Å². The molecule has 0 spiro atoms. The molecule has 0 N–H and O–H groups in total. The maximum absolute atomic E-state index is 13.4. The lowest BCUT2D eigenvalue weighted by molar-refractivity contribution is 0.0706. The third-order valence-corrected chi connectivity index (χ3v) is 8.06. The first kappa shape index (κ1) is 23.3. The van der Waals surface area contributed by atoms with Gasteiger partial charge in [0.15, 0.2) is 0 Å². The summed E-state index contributed by atoms with van der Waals surface area (Å²) >= 11 is 8.73. The van der Waals surface area contributed by atoms with Crippen molar-refractivity contribution >= 4 is 49.1 Å². The predicted molar refractivity (Wildman–Crippen MR) is 135 cm³/mol. The van der Waals surface area contributed by atoms with Gasteiger partial charge in [0.2, 0.25) is 0 Å². The molecule has 0 bridgehead atoms. The highest BCUT2D eigenvalue weighted by atomic mass is 79.9. The van der Waals surface area contributed by atoms with E-state index in [-0.39, 0.29) is 5.91 Å². The van der Waals surface area contributed by atoms with Crippen molar-refractivity contribution in [1.82, 2.24) is 9.88 Å². The van der Waals surface area contributed by atoms with E-state index in [1.807, 2.05) is 23.1 Å². The van der Waals surface area contributed by atoms with Crippen molar-refractivity contribution in [2.24, 2.45) is 0 Å². The van der Waals surface area contributed by atoms with Crippen molar-refractivity contribution in [1.29, 1.82) is 0 Å². The molecule has 1 aliphatic rings. The van der Waals surface area contributed by atoms with E-state index in [9.17, 15) is 4.79 Å². The molecule has 168 valence electrons. The summed E-state index contributed by atoms with van der Waals surface area (Å²) in [6.07, 6.45) is 1.77. The lowest BCUT2D eigenvalue weighted by Gasteiger charge is -2.32. The Kier molecular flexibility index (Phi) is 7.22. The molecule has 5 nitrogen and oxygen atoms in total. The first-order valence-corrected chi connectivity index (χ1v) is 12.8. The number of nitrogens with zero attached hydrogens (tertiary/aromatic N) is 2. The number of aromatic nitrogens is 1. The maximum Gasteiger partial charge on any atom is 0.261 e. The Labute approximate surface area is 209 Å². The van der Waals surface area contributed by atoms with Crippen LogP contribution in [0.3, 0.4) is 0 Å². The van der Waals surface area contributed by atoms with E-state index in [2.05, 4.69) is 50.9 Å². The van der Waals surface area contributed by atoms with Gasteiger partial charge in [-0.1, -0.05) is 28.1 Å². The van der Waals surface area contributed by atoms with Crippen LogP contribution in [0.4, 0.5) is 0 Å². The molecule has 1 fully saturated rings. The van der Waals surface area contributed by atoms with Crippen LogP contribution in [0, 0.1) is 6.92 Å². The molecule has 0 saturated carbocycles. The molecular formula is C24H24Br2N2O3S. The van der Waals surface area contributed by atoms with Gasteiger partial charge in [-0.25, -0.2) is 4.98 Å². The second kappa shape index (κ2) is 9.93. The molecule has 3 aromatic rings. The van der Waals surface area contributed by atoms with Crippen molar-refractivity contribution < 1.29 is 14.3 Å². The van der Waals surface area contributed by atoms with Crippen molar-refractivity contribution in [2.45, 2.75) is 25.7 Å². The number of benzene rings is 2. The third-order valence-electron chi connectivity index (χ3n) is 5.77. The largest absolute Gasteiger partial charge is 0.496 e. The number of hydrogen-bond acceptors (Lipinski definition) is 5. The topological polar surface area (TPSA) is 51.7 Å². The number of rotatable bonds is 5. The Morgan fingerprint density at radius 1 is 1.06 bits per heavy atom. The quantitative estimate of drug-likeness (QED) is 0.338. The Morgan fingerprint density at radius 2 is 1.75 bits per heavy atom. The van der Waals surface area contributed by atoms with Gasteiger partial charge in [-0.2, -0.15) is 0 Å². The Morgan fingerprint density at radius 3 is 2.38 bits per heavy atom. The fourth-order valence-corrected chi connectivity index (χ4v) is 5.94. The summed E-state index contributed by atoms with van der Waals surface area (Å²) in [4.78, 5) is 21.4. The van der Waals surface area contributed by atoms with Gasteiger partial charge < -0.3 is 14.4 Å². The van der Waals surface area contributed by atoms with E-state index in [1.54, 1.807) is 31.6 Å². The number of amides is 1. The van der Waals surface area contributed by atoms with E-state index >= 15 is 0 Å². The molecule has 4 rings (SSSR count). The number of thiazole rings is 1. The lowest BCUT2D eigenvalue weighted by atomic mass is 9.96. The summed E-state index contributed by atoms with van der Waals surface area (Å²) < 4.78 is 12.7. The lowest BCUT2D eigenvalue weighted by Crippen LogP contribution is -2.38. The molecular weight excluding hydrogens is 556 g/mol. The van der Waals surface area contributed by atoms with Gasteiger partial charge in [-0.15, -0.1) is 11.3 Å². The molecule has 32 heavy (non-hydrogen) atoms. The summed E-state index contributed by atoms with van der Waals surface area (Å²) in [6, 6.07) is 11.9. The standard InChI is InChI=1S/C24H24Br2N2O3S/c1-14-21(15-4-6-17(25)7-5-15)27-23(32-14)16-10-12-28(13-11-16)24(29)20-19(30-2)9-8-18(26)22(20)31-3/h4-9,16H,10-13H2,1-3H3.